The van der Waals surface area contributed by atoms with E-state index in [0.29, 0.717) is 12.5 Å². The van der Waals surface area contributed by atoms with Gasteiger partial charge in [0, 0.05) is 19.0 Å². The monoisotopic (exact) mass is 267 g/mol. The number of primary amides is 1. The summed E-state index contributed by atoms with van der Waals surface area (Å²) in [5.74, 6) is 0.666. The first kappa shape index (κ1) is 14.3. The highest BCUT2D eigenvalue weighted by Crippen LogP contribution is 2.18. The molecule has 1 atom stereocenters. The van der Waals surface area contributed by atoms with Crippen molar-refractivity contribution in [2.24, 2.45) is 17.6 Å². The summed E-state index contributed by atoms with van der Waals surface area (Å²) in [4.78, 5) is 27.5. The number of likely N-dealkylation sites (tertiary alicyclic amines) is 2. The smallest absolute Gasteiger partial charge is 0.236 e. The van der Waals surface area contributed by atoms with E-state index in [9.17, 15) is 9.59 Å². The number of carbonyl (C=O) groups excluding carboxylic acids is 2. The Morgan fingerprint density at radius 1 is 1.16 bits per heavy atom. The molecule has 19 heavy (non-hydrogen) atoms. The van der Waals surface area contributed by atoms with Gasteiger partial charge >= 0.3 is 0 Å². The molecule has 2 aliphatic heterocycles. The molecule has 0 aromatic rings. The molecular formula is C14H25N3O2. The third-order valence-corrected chi connectivity index (χ3v) is 4.36. The predicted octanol–water partition coefficient (Wildman–Crippen LogP) is 0.442. The Hall–Kier alpha value is -1.10. The van der Waals surface area contributed by atoms with Gasteiger partial charge in [0.05, 0.1) is 6.54 Å². The Kier molecular flexibility index (Phi) is 4.80. The summed E-state index contributed by atoms with van der Waals surface area (Å²) in [6, 6.07) is 0. The molecule has 0 aromatic heterocycles. The van der Waals surface area contributed by atoms with E-state index in [2.05, 4.69) is 11.8 Å². The lowest BCUT2D eigenvalue weighted by Crippen LogP contribution is -2.47. The van der Waals surface area contributed by atoms with Crippen molar-refractivity contribution in [3.8, 4) is 0 Å². The number of hydrogen-bond acceptors (Lipinski definition) is 3. The fourth-order valence-corrected chi connectivity index (χ4v) is 3.08. The molecular weight excluding hydrogens is 242 g/mol. The van der Waals surface area contributed by atoms with E-state index in [0.717, 1.165) is 45.4 Å². The van der Waals surface area contributed by atoms with Crippen LogP contribution in [0.15, 0.2) is 0 Å². The fraction of sp³-hybridized carbons (Fsp3) is 0.857. The van der Waals surface area contributed by atoms with Gasteiger partial charge in [-0.05, 0) is 44.7 Å². The molecule has 0 aromatic carbocycles. The summed E-state index contributed by atoms with van der Waals surface area (Å²) < 4.78 is 0. The summed E-state index contributed by atoms with van der Waals surface area (Å²) in [7, 11) is 0. The second-order valence-corrected chi connectivity index (χ2v) is 6.04. The highest BCUT2D eigenvalue weighted by molar-refractivity contribution is 5.79. The van der Waals surface area contributed by atoms with E-state index in [1.54, 1.807) is 0 Å². The van der Waals surface area contributed by atoms with Crippen LogP contribution in [0.25, 0.3) is 0 Å². The molecule has 2 fully saturated rings. The van der Waals surface area contributed by atoms with E-state index < -0.39 is 0 Å². The standard InChI is InChI=1S/C14H25N3O2/c1-11-3-2-6-17(9-11)13(18)10-16-7-4-12(5-8-16)14(15)19/h11-12H,2-10H2,1H3,(H2,15,19). The van der Waals surface area contributed by atoms with Crippen LogP contribution in [0.3, 0.4) is 0 Å². The van der Waals surface area contributed by atoms with Gasteiger partial charge < -0.3 is 10.6 Å². The molecule has 0 bridgehead atoms. The maximum Gasteiger partial charge on any atom is 0.236 e. The minimum absolute atomic E-state index is 0.00126. The lowest BCUT2D eigenvalue weighted by Gasteiger charge is -2.35. The van der Waals surface area contributed by atoms with Crippen LogP contribution in [0.5, 0.6) is 0 Å². The molecule has 108 valence electrons. The van der Waals surface area contributed by atoms with Gasteiger partial charge in [-0.2, -0.15) is 0 Å². The lowest BCUT2D eigenvalue weighted by atomic mass is 9.96. The van der Waals surface area contributed by atoms with E-state index in [-0.39, 0.29) is 17.7 Å². The van der Waals surface area contributed by atoms with Crippen LogP contribution in [0.1, 0.15) is 32.6 Å². The van der Waals surface area contributed by atoms with Gasteiger partial charge in [-0.15, -0.1) is 0 Å². The number of rotatable bonds is 3. The Morgan fingerprint density at radius 2 is 1.84 bits per heavy atom. The van der Waals surface area contributed by atoms with Gasteiger partial charge in [0.25, 0.3) is 0 Å². The second kappa shape index (κ2) is 6.37. The predicted molar refractivity (Wildman–Crippen MR) is 73.3 cm³/mol. The number of carbonyl (C=O) groups is 2. The molecule has 0 spiro atoms. The molecule has 5 nitrogen and oxygen atoms in total. The average Bonchev–Trinajstić information content (AvgIpc) is 2.39. The number of hydrogen-bond donors (Lipinski definition) is 1. The van der Waals surface area contributed by atoms with Gasteiger partial charge in [0.15, 0.2) is 0 Å². The number of piperidine rings is 2. The van der Waals surface area contributed by atoms with Crippen molar-refractivity contribution in [3.63, 3.8) is 0 Å². The minimum atomic E-state index is -0.198. The van der Waals surface area contributed by atoms with Gasteiger partial charge in [0.2, 0.25) is 11.8 Å². The highest BCUT2D eigenvalue weighted by atomic mass is 16.2. The van der Waals surface area contributed by atoms with Crippen LogP contribution in [0.4, 0.5) is 0 Å². The summed E-state index contributed by atoms with van der Waals surface area (Å²) in [5, 5.41) is 0. The van der Waals surface area contributed by atoms with Crippen LogP contribution in [-0.2, 0) is 9.59 Å². The molecule has 1 unspecified atom stereocenters. The van der Waals surface area contributed by atoms with Gasteiger partial charge in [0.1, 0.15) is 0 Å². The van der Waals surface area contributed by atoms with E-state index in [1.165, 1.54) is 6.42 Å². The summed E-state index contributed by atoms with van der Waals surface area (Å²) in [5.41, 5.74) is 5.31. The molecule has 2 heterocycles. The molecule has 2 saturated heterocycles. The van der Waals surface area contributed by atoms with Crippen molar-refractivity contribution in [1.29, 1.82) is 0 Å². The van der Waals surface area contributed by atoms with Gasteiger partial charge in [-0.25, -0.2) is 0 Å². The Bertz CT molecular complexity index is 338. The first-order valence-electron chi connectivity index (χ1n) is 7.35. The van der Waals surface area contributed by atoms with E-state index in [4.69, 9.17) is 5.73 Å². The molecule has 2 aliphatic rings. The zero-order valence-corrected chi connectivity index (χ0v) is 11.8. The van der Waals surface area contributed by atoms with Crippen molar-refractivity contribution in [3.05, 3.63) is 0 Å². The first-order valence-corrected chi connectivity index (χ1v) is 7.35. The maximum absolute atomic E-state index is 12.2. The van der Waals surface area contributed by atoms with Gasteiger partial charge in [-0.3, -0.25) is 14.5 Å². The molecule has 5 heteroatoms. The van der Waals surface area contributed by atoms with Crippen LogP contribution < -0.4 is 5.73 Å². The zero-order valence-electron chi connectivity index (χ0n) is 11.8. The summed E-state index contributed by atoms with van der Waals surface area (Å²) >= 11 is 0. The topological polar surface area (TPSA) is 66.6 Å². The normalized spacial score (nSPS) is 26.4. The summed E-state index contributed by atoms with van der Waals surface area (Å²) in [6.45, 7) is 6.12. The van der Waals surface area contributed by atoms with Crippen molar-refractivity contribution >= 4 is 11.8 Å². The van der Waals surface area contributed by atoms with Crippen LogP contribution in [0.2, 0.25) is 0 Å². The lowest BCUT2D eigenvalue weighted by molar-refractivity contribution is -0.134. The van der Waals surface area contributed by atoms with Crippen molar-refractivity contribution in [1.82, 2.24) is 9.80 Å². The zero-order chi connectivity index (χ0) is 13.8. The average molecular weight is 267 g/mol. The molecule has 2 N–H and O–H groups in total. The van der Waals surface area contributed by atoms with Crippen molar-refractivity contribution in [2.45, 2.75) is 32.6 Å². The maximum atomic E-state index is 12.2. The quantitative estimate of drug-likeness (QED) is 0.807. The Balaban J connectivity index is 1.75. The summed E-state index contributed by atoms with van der Waals surface area (Å²) in [6.07, 6.45) is 3.93. The highest BCUT2D eigenvalue weighted by Gasteiger charge is 2.26. The van der Waals surface area contributed by atoms with Gasteiger partial charge in [-0.1, -0.05) is 6.92 Å². The SMILES string of the molecule is CC1CCCN(C(=O)CN2CCC(C(N)=O)CC2)C1. The molecule has 2 rings (SSSR count). The first-order chi connectivity index (χ1) is 9.06. The molecule has 0 aliphatic carbocycles. The Morgan fingerprint density at radius 3 is 2.42 bits per heavy atom. The third-order valence-electron chi connectivity index (χ3n) is 4.36. The van der Waals surface area contributed by atoms with E-state index in [1.807, 2.05) is 4.90 Å². The number of nitrogens with two attached hydrogens (primary N) is 1. The molecule has 0 saturated carbocycles. The molecule has 0 radical (unpaired) electrons. The largest absolute Gasteiger partial charge is 0.369 e. The molecule has 2 amide bonds. The minimum Gasteiger partial charge on any atom is -0.369 e. The number of nitrogens with zero attached hydrogens (tertiary/aromatic N) is 2. The Labute approximate surface area is 115 Å². The third kappa shape index (κ3) is 3.93. The van der Waals surface area contributed by atoms with Crippen LogP contribution in [0, 0.1) is 11.8 Å². The van der Waals surface area contributed by atoms with E-state index >= 15 is 0 Å². The second-order valence-electron chi connectivity index (χ2n) is 6.04. The van der Waals surface area contributed by atoms with Crippen LogP contribution in [-0.4, -0.2) is 54.3 Å². The van der Waals surface area contributed by atoms with Crippen molar-refractivity contribution < 1.29 is 9.59 Å². The fourth-order valence-electron chi connectivity index (χ4n) is 3.08. The number of amides is 2. The van der Waals surface area contributed by atoms with Crippen molar-refractivity contribution in [2.75, 3.05) is 32.7 Å². The van der Waals surface area contributed by atoms with Crippen LogP contribution >= 0.6 is 0 Å².